The number of pyridine rings is 1. The van der Waals surface area contributed by atoms with Gasteiger partial charge in [-0.2, -0.15) is 0 Å². The molecule has 0 saturated carbocycles. The molecule has 0 aliphatic carbocycles. The van der Waals surface area contributed by atoms with Crippen molar-refractivity contribution in [2.75, 3.05) is 18.6 Å². The number of nitrogens with zero attached hydrogens (tertiary/aromatic N) is 2. The maximum absolute atomic E-state index is 11.2. The lowest BCUT2D eigenvalue weighted by Crippen LogP contribution is -2.30. The average Bonchev–Trinajstić information content (AvgIpc) is 2.20. The minimum Gasteiger partial charge on any atom is -0.452 e. The van der Waals surface area contributed by atoms with Crippen molar-refractivity contribution < 1.29 is 9.53 Å². The molecule has 0 aromatic carbocycles. The topological polar surface area (TPSA) is 42.4 Å². The molecule has 1 aromatic rings. The Kier molecular flexibility index (Phi) is 3.25. The first-order valence-electron chi connectivity index (χ1n) is 4.06. The molecule has 4 heteroatoms. The third kappa shape index (κ3) is 2.18. The summed E-state index contributed by atoms with van der Waals surface area (Å²) in [5.41, 5.74) is 0. The van der Waals surface area contributed by atoms with Gasteiger partial charge in [-0.25, -0.2) is 9.78 Å². The second-order valence-electron chi connectivity index (χ2n) is 2.40. The zero-order valence-corrected chi connectivity index (χ0v) is 7.73. The highest BCUT2D eigenvalue weighted by Gasteiger charge is 2.13. The van der Waals surface area contributed by atoms with Gasteiger partial charge in [-0.3, -0.25) is 4.90 Å². The number of amides is 1. The van der Waals surface area contributed by atoms with E-state index in [-0.39, 0.29) is 6.09 Å². The van der Waals surface area contributed by atoms with Gasteiger partial charge in [-0.05, 0) is 19.1 Å². The molecule has 0 spiro atoms. The molecule has 1 rings (SSSR count). The molecule has 0 aliphatic heterocycles. The van der Waals surface area contributed by atoms with E-state index in [2.05, 4.69) is 9.72 Å². The molecule has 0 radical (unpaired) electrons. The lowest BCUT2D eigenvalue weighted by Gasteiger charge is -2.17. The van der Waals surface area contributed by atoms with Crippen molar-refractivity contribution in [2.45, 2.75) is 6.92 Å². The monoisotopic (exact) mass is 180 g/mol. The zero-order chi connectivity index (χ0) is 9.68. The quantitative estimate of drug-likeness (QED) is 0.695. The van der Waals surface area contributed by atoms with Gasteiger partial charge in [-0.1, -0.05) is 6.07 Å². The van der Waals surface area contributed by atoms with Crippen LogP contribution in [0.5, 0.6) is 0 Å². The normalized spacial score (nSPS) is 9.38. The highest BCUT2D eigenvalue weighted by molar-refractivity contribution is 5.85. The minimum atomic E-state index is -0.388. The molecule has 0 atom stereocenters. The van der Waals surface area contributed by atoms with E-state index < -0.39 is 0 Å². The molecule has 0 aliphatic rings. The van der Waals surface area contributed by atoms with Crippen LogP contribution in [-0.4, -0.2) is 24.7 Å². The zero-order valence-electron chi connectivity index (χ0n) is 7.73. The number of hydrogen-bond donors (Lipinski definition) is 0. The summed E-state index contributed by atoms with van der Waals surface area (Å²) in [5, 5.41) is 0. The highest BCUT2D eigenvalue weighted by Crippen LogP contribution is 2.09. The van der Waals surface area contributed by atoms with Crippen LogP contribution in [0.3, 0.4) is 0 Å². The van der Waals surface area contributed by atoms with Crippen molar-refractivity contribution in [1.29, 1.82) is 0 Å². The summed E-state index contributed by atoms with van der Waals surface area (Å²) >= 11 is 0. The van der Waals surface area contributed by atoms with Crippen LogP contribution in [0.1, 0.15) is 6.92 Å². The van der Waals surface area contributed by atoms with E-state index in [0.717, 1.165) is 0 Å². The lowest BCUT2D eigenvalue weighted by molar-refractivity contribution is 0.179. The van der Waals surface area contributed by atoms with E-state index in [0.29, 0.717) is 12.4 Å². The Hall–Kier alpha value is -1.58. The smallest absolute Gasteiger partial charge is 0.415 e. The number of ether oxygens (including phenoxy) is 1. The van der Waals surface area contributed by atoms with Crippen LogP contribution >= 0.6 is 0 Å². The van der Waals surface area contributed by atoms with Gasteiger partial charge in [0.05, 0.1) is 7.11 Å². The Morgan fingerprint density at radius 2 is 2.38 bits per heavy atom. The van der Waals surface area contributed by atoms with Gasteiger partial charge >= 0.3 is 6.09 Å². The van der Waals surface area contributed by atoms with E-state index in [1.165, 1.54) is 12.0 Å². The van der Waals surface area contributed by atoms with E-state index in [9.17, 15) is 4.79 Å². The molecule has 4 nitrogen and oxygen atoms in total. The molecule has 0 fully saturated rings. The second kappa shape index (κ2) is 4.45. The van der Waals surface area contributed by atoms with Crippen LogP contribution in [0.25, 0.3) is 0 Å². The van der Waals surface area contributed by atoms with Crippen LogP contribution in [-0.2, 0) is 4.74 Å². The summed E-state index contributed by atoms with van der Waals surface area (Å²) in [6, 6.07) is 5.39. The fourth-order valence-corrected chi connectivity index (χ4v) is 1.01. The summed E-state index contributed by atoms with van der Waals surface area (Å²) < 4.78 is 4.60. The second-order valence-corrected chi connectivity index (χ2v) is 2.40. The van der Waals surface area contributed by atoms with Gasteiger partial charge in [0, 0.05) is 12.7 Å². The largest absolute Gasteiger partial charge is 0.452 e. The molecular weight excluding hydrogens is 168 g/mol. The molecule has 0 bridgehead atoms. The molecule has 13 heavy (non-hydrogen) atoms. The summed E-state index contributed by atoms with van der Waals surface area (Å²) in [6.07, 6.45) is 1.25. The van der Waals surface area contributed by atoms with E-state index >= 15 is 0 Å². The third-order valence-corrected chi connectivity index (χ3v) is 1.64. The van der Waals surface area contributed by atoms with Crippen molar-refractivity contribution in [3.8, 4) is 0 Å². The summed E-state index contributed by atoms with van der Waals surface area (Å²) in [4.78, 5) is 16.7. The molecular formula is C9H12N2O2. The lowest BCUT2D eigenvalue weighted by atomic mass is 10.4. The number of hydrogen-bond acceptors (Lipinski definition) is 3. The number of methoxy groups -OCH3 is 1. The Morgan fingerprint density at radius 3 is 2.85 bits per heavy atom. The van der Waals surface area contributed by atoms with Crippen LogP contribution in [0.4, 0.5) is 10.6 Å². The first-order valence-corrected chi connectivity index (χ1v) is 4.06. The maximum atomic E-state index is 11.2. The van der Waals surface area contributed by atoms with Gasteiger partial charge in [0.2, 0.25) is 0 Å². The molecule has 1 aromatic heterocycles. The Balaban J connectivity index is 2.85. The van der Waals surface area contributed by atoms with Crippen LogP contribution in [0.2, 0.25) is 0 Å². The van der Waals surface area contributed by atoms with Gasteiger partial charge in [0.25, 0.3) is 0 Å². The SMILES string of the molecule is CCN(C(=O)OC)c1ccccn1. The molecule has 0 saturated heterocycles. The Labute approximate surface area is 77.1 Å². The molecule has 70 valence electrons. The van der Waals surface area contributed by atoms with Crippen molar-refractivity contribution in [3.05, 3.63) is 24.4 Å². The van der Waals surface area contributed by atoms with Gasteiger partial charge in [0.1, 0.15) is 5.82 Å². The van der Waals surface area contributed by atoms with Crippen LogP contribution in [0.15, 0.2) is 24.4 Å². The number of rotatable bonds is 2. The molecule has 0 N–H and O–H groups in total. The number of anilines is 1. The first-order chi connectivity index (χ1) is 6.29. The summed E-state index contributed by atoms with van der Waals surface area (Å²) in [5.74, 6) is 0.608. The van der Waals surface area contributed by atoms with Gasteiger partial charge < -0.3 is 4.74 Å². The fourth-order valence-electron chi connectivity index (χ4n) is 1.01. The highest BCUT2D eigenvalue weighted by atomic mass is 16.5. The Morgan fingerprint density at radius 1 is 1.62 bits per heavy atom. The predicted octanol–water partition coefficient (Wildman–Crippen LogP) is 1.67. The van der Waals surface area contributed by atoms with E-state index in [1.54, 1.807) is 18.3 Å². The van der Waals surface area contributed by atoms with Crippen molar-refractivity contribution in [2.24, 2.45) is 0 Å². The fraction of sp³-hybridized carbons (Fsp3) is 0.333. The number of aromatic nitrogens is 1. The third-order valence-electron chi connectivity index (χ3n) is 1.64. The Bertz CT molecular complexity index is 274. The first kappa shape index (κ1) is 9.51. The standard InChI is InChI=1S/C9H12N2O2/c1-3-11(9(12)13-2)8-6-4-5-7-10-8/h4-7H,3H2,1-2H3. The van der Waals surface area contributed by atoms with E-state index in [4.69, 9.17) is 0 Å². The van der Waals surface area contributed by atoms with Crippen LogP contribution < -0.4 is 4.90 Å². The summed E-state index contributed by atoms with van der Waals surface area (Å²) in [7, 11) is 1.36. The molecule has 1 amide bonds. The van der Waals surface area contributed by atoms with Crippen LogP contribution in [0, 0.1) is 0 Å². The number of carbonyl (C=O) groups excluding carboxylic acids is 1. The summed E-state index contributed by atoms with van der Waals surface area (Å²) in [6.45, 7) is 2.41. The van der Waals surface area contributed by atoms with Crippen molar-refractivity contribution in [1.82, 2.24) is 4.98 Å². The van der Waals surface area contributed by atoms with Crippen molar-refractivity contribution in [3.63, 3.8) is 0 Å². The van der Waals surface area contributed by atoms with Gasteiger partial charge in [0.15, 0.2) is 0 Å². The maximum Gasteiger partial charge on any atom is 0.415 e. The molecule has 0 unspecified atom stereocenters. The molecule has 1 heterocycles. The van der Waals surface area contributed by atoms with Crippen molar-refractivity contribution >= 4 is 11.9 Å². The van der Waals surface area contributed by atoms with E-state index in [1.807, 2.05) is 13.0 Å². The predicted molar refractivity (Wildman–Crippen MR) is 49.7 cm³/mol. The van der Waals surface area contributed by atoms with Gasteiger partial charge in [-0.15, -0.1) is 0 Å². The number of carbonyl (C=O) groups is 1. The average molecular weight is 180 g/mol. The minimum absolute atomic E-state index is 0.388.